The summed E-state index contributed by atoms with van der Waals surface area (Å²) in [6, 6.07) is 23.5. The van der Waals surface area contributed by atoms with Gasteiger partial charge in [0.2, 0.25) is 0 Å². The summed E-state index contributed by atoms with van der Waals surface area (Å²) < 4.78 is 0. The van der Waals surface area contributed by atoms with Crippen LogP contribution in [0.3, 0.4) is 0 Å². The van der Waals surface area contributed by atoms with E-state index in [0.717, 1.165) is 69.0 Å². The Kier molecular flexibility index (Phi) is 12.4. The molecule has 0 radical (unpaired) electrons. The third-order valence-electron chi connectivity index (χ3n) is 8.71. The quantitative estimate of drug-likeness (QED) is 0.177. The van der Waals surface area contributed by atoms with Gasteiger partial charge in [0.15, 0.2) is 0 Å². The molecule has 3 aromatic rings. The Morgan fingerprint density at radius 3 is 2.29 bits per heavy atom. The molecular formula is C37H52N4O. The van der Waals surface area contributed by atoms with Crippen LogP contribution in [0.25, 0.3) is 0 Å². The number of hydrogen-bond acceptors (Lipinski definition) is 4. The lowest BCUT2D eigenvalue weighted by molar-refractivity contribution is 0.0546. The Balaban J connectivity index is 1.43. The van der Waals surface area contributed by atoms with Gasteiger partial charge in [-0.1, -0.05) is 63.9 Å². The number of aryl methyl sites for hydroxylation is 1. The van der Waals surface area contributed by atoms with Crippen molar-refractivity contribution in [1.29, 1.82) is 0 Å². The minimum atomic E-state index is 0.160. The van der Waals surface area contributed by atoms with Crippen molar-refractivity contribution >= 4 is 11.6 Å². The third kappa shape index (κ3) is 9.69. The normalized spacial score (nSPS) is 14.3. The maximum Gasteiger partial charge on any atom is 0.254 e. The van der Waals surface area contributed by atoms with E-state index >= 15 is 0 Å². The van der Waals surface area contributed by atoms with Gasteiger partial charge in [-0.15, -0.1) is 0 Å². The van der Waals surface area contributed by atoms with E-state index in [1.165, 1.54) is 42.5 Å². The van der Waals surface area contributed by atoms with Gasteiger partial charge in [-0.2, -0.15) is 0 Å². The molecular weight excluding hydrogens is 516 g/mol. The first-order valence-corrected chi connectivity index (χ1v) is 16.2. The number of hydrogen-bond donors (Lipinski definition) is 0. The molecule has 1 aliphatic heterocycles. The molecule has 0 saturated carbocycles. The molecule has 0 spiro atoms. The highest BCUT2D eigenvalue weighted by Gasteiger charge is 2.29. The fourth-order valence-electron chi connectivity index (χ4n) is 5.83. The summed E-state index contributed by atoms with van der Waals surface area (Å²) in [7, 11) is 2.13. The van der Waals surface area contributed by atoms with Crippen molar-refractivity contribution in [3.05, 3.63) is 95.3 Å². The molecule has 1 aromatic heterocycles. The van der Waals surface area contributed by atoms with E-state index in [1.54, 1.807) is 0 Å². The lowest BCUT2D eigenvalue weighted by Gasteiger charge is -2.39. The zero-order chi connectivity index (χ0) is 29.7. The van der Waals surface area contributed by atoms with Gasteiger partial charge in [-0.3, -0.25) is 9.78 Å². The summed E-state index contributed by atoms with van der Waals surface area (Å²) in [4.78, 5) is 25.5. The smallest absolute Gasteiger partial charge is 0.254 e. The lowest BCUT2D eigenvalue weighted by atomic mass is 9.99. The van der Waals surface area contributed by atoms with E-state index in [0.29, 0.717) is 6.54 Å². The van der Waals surface area contributed by atoms with Gasteiger partial charge < -0.3 is 14.7 Å². The van der Waals surface area contributed by atoms with Crippen LogP contribution in [0.4, 0.5) is 5.69 Å². The Bertz CT molecular complexity index is 1180. The number of anilines is 1. The van der Waals surface area contributed by atoms with Crippen molar-refractivity contribution in [3.63, 3.8) is 0 Å². The highest BCUT2D eigenvalue weighted by Crippen LogP contribution is 2.24. The molecule has 0 aliphatic carbocycles. The SMILES string of the molecule is CCCCCc1ccc(C(=O)N(Cc2ccc(N(C)CCc3ccccn3)cc2)C2CCN(CCC(C)C)CC2)cc1. The van der Waals surface area contributed by atoms with Crippen LogP contribution in [0.2, 0.25) is 0 Å². The largest absolute Gasteiger partial charge is 0.374 e. The molecule has 5 nitrogen and oxygen atoms in total. The summed E-state index contributed by atoms with van der Waals surface area (Å²) in [6.45, 7) is 11.7. The van der Waals surface area contributed by atoms with Gasteiger partial charge in [-0.25, -0.2) is 0 Å². The van der Waals surface area contributed by atoms with Gasteiger partial charge in [-0.05, 0) is 92.1 Å². The first-order chi connectivity index (χ1) is 20.4. The number of rotatable bonds is 15. The van der Waals surface area contributed by atoms with Crippen LogP contribution in [0, 0.1) is 5.92 Å². The molecule has 0 N–H and O–H groups in total. The molecule has 4 rings (SSSR count). The predicted molar refractivity (Wildman–Crippen MR) is 176 cm³/mol. The van der Waals surface area contributed by atoms with Gasteiger partial charge >= 0.3 is 0 Å². The average molecular weight is 569 g/mol. The minimum absolute atomic E-state index is 0.160. The van der Waals surface area contributed by atoms with E-state index in [4.69, 9.17) is 0 Å². The summed E-state index contributed by atoms with van der Waals surface area (Å²) >= 11 is 0. The third-order valence-corrected chi connectivity index (χ3v) is 8.71. The van der Waals surface area contributed by atoms with Gasteiger partial charge in [0.25, 0.3) is 5.91 Å². The molecule has 5 heteroatoms. The molecule has 0 bridgehead atoms. The molecule has 2 aromatic carbocycles. The van der Waals surface area contributed by atoms with Crippen LogP contribution >= 0.6 is 0 Å². The summed E-state index contributed by atoms with van der Waals surface area (Å²) in [6.07, 6.45) is 10.8. The molecule has 1 aliphatic rings. The number of pyridine rings is 1. The van der Waals surface area contributed by atoms with Gasteiger partial charge in [0.05, 0.1) is 0 Å². The van der Waals surface area contributed by atoms with E-state index in [1.807, 2.05) is 30.5 Å². The van der Waals surface area contributed by atoms with Crippen LogP contribution in [0.5, 0.6) is 0 Å². The number of amides is 1. The highest BCUT2D eigenvalue weighted by atomic mass is 16.2. The number of aromatic nitrogens is 1. The summed E-state index contributed by atoms with van der Waals surface area (Å²) in [5, 5.41) is 0. The van der Waals surface area contributed by atoms with Crippen molar-refractivity contribution in [1.82, 2.24) is 14.8 Å². The number of unbranched alkanes of at least 4 members (excludes halogenated alkanes) is 2. The fraction of sp³-hybridized carbons (Fsp3) is 0.514. The predicted octanol–water partition coefficient (Wildman–Crippen LogP) is 7.65. The van der Waals surface area contributed by atoms with E-state index < -0.39 is 0 Å². The van der Waals surface area contributed by atoms with Crippen LogP contribution < -0.4 is 4.90 Å². The Hall–Kier alpha value is -3.18. The number of carbonyl (C=O) groups excluding carboxylic acids is 1. The zero-order valence-electron chi connectivity index (χ0n) is 26.5. The van der Waals surface area contributed by atoms with Gasteiger partial charge in [0.1, 0.15) is 0 Å². The maximum absolute atomic E-state index is 14.0. The molecule has 2 heterocycles. The highest BCUT2D eigenvalue weighted by molar-refractivity contribution is 5.94. The van der Waals surface area contributed by atoms with Crippen molar-refractivity contribution in [2.24, 2.45) is 5.92 Å². The zero-order valence-corrected chi connectivity index (χ0v) is 26.5. The molecule has 1 fully saturated rings. The van der Waals surface area contributed by atoms with E-state index in [9.17, 15) is 4.79 Å². The van der Waals surface area contributed by atoms with Crippen LogP contribution in [-0.4, -0.2) is 60.0 Å². The fourth-order valence-corrected chi connectivity index (χ4v) is 5.83. The summed E-state index contributed by atoms with van der Waals surface area (Å²) in [5.41, 5.74) is 5.61. The standard InChI is InChI=1S/C37H52N4O/c1-5-6-7-10-31-12-16-33(17-13-31)37(42)41(36-22-27-40(28-23-36)26-20-30(2)3)29-32-14-18-35(19-15-32)39(4)25-21-34-11-8-9-24-38-34/h8-9,11-19,24,30,36H,5-7,10,20-23,25-29H2,1-4H3. The molecule has 0 atom stereocenters. The second-order valence-corrected chi connectivity index (χ2v) is 12.5. The lowest BCUT2D eigenvalue weighted by Crippen LogP contribution is -2.47. The minimum Gasteiger partial charge on any atom is -0.374 e. The average Bonchev–Trinajstić information content (AvgIpc) is 3.03. The van der Waals surface area contributed by atoms with Gasteiger partial charge in [0, 0.05) is 68.8 Å². The number of benzene rings is 2. The monoisotopic (exact) mass is 568 g/mol. The number of nitrogens with zero attached hydrogens (tertiary/aromatic N) is 4. The topological polar surface area (TPSA) is 39.7 Å². The van der Waals surface area contributed by atoms with Crippen molar-refractivity contribution in [2.45, 2.75) is 84.7 Å². The Labute approximate surface area is 254 Å². The van der Waals surface area contributed by atoms with E-state index in [2.05, 4.69) is 90.0 Å². The van der Waals surface area contributed by atoms with Crippen molar-refractivity contribution in [2.75, 3.05) is 38.1 Å². The molecule has 0 unspecified atom stereocenters. The second-order valence-electron chi connectivity index (χ2n) is 12.5. The molecule has 1 saturated heterocycles. The maximum atomic E-state index is 14.0. The van der Waals surface area contributed by atoms with Crippen LogP contribution in [0.1, 0.15) is 86.5 Å². The first kappa shape index (κ1) is 31.7. The van der Waals surface area contributed by atoms with E-state index in [-0.39, 0.29) is 11.9 Å². The summed E-state index contributed by atoms with van der Waals surface area (Å²) in [5.74, 6) is 0.884. The number of piperidine rings is 1. The second kappa shape index (κ2) is 16.5. The number of likely N-dealkylation sites (tertiary alicyclic amines) is 1. The Morgan fingerprint density at radius 2 is 1.64 bits per heavy atom. The Morgan fingerprint density at radius 1 is 0.929 bits per heavy atom. The number of likely N-dealkylation sites (N-methyl/N-ethyl adjacent to an activating group) is 1. The molecule has 226 valence electrons. The number of carbonyl (C=O) groups is 1. The van der Waals surface area contributed by atoms with Crippen molar-refractivity contribution in [3.8, 4) is 0 Å². The van der Waals surface area contributed by atoms with Crippen LogP contribution in [0.15, 0.2) is 72.9 Å². The molecule has 42 heavy (non-hydrogen) atoms. The first-order valence-electron chi connectivity index (χ1n) is 16.2. The van der Waals surface area contributed by atoms with Crippen LogP contribution in [-0.2, 0) is 19.4 Å². The molecule has 1 amide bonds. The van der Waals surface area contributed by atoms with Crippen molar-refractivity contribution < 1.29 is 4.79 Å².